The molecule has 0 aromatic carbocycles. The van der Waals surface area contributed by atoms with Crippen LogP contribution in [0.1, 0.15) is 44.6 Å². The molecule has 20 heavy (non-hydrogen) atoms. The fourth-order valence-electron chi connectivity index (χ4n) is 2.26. The Labute approximate surface area is 138 Å². The molecule has 1 aliphatic heterocycles. The fourth-order valence-corrected chi connectivity index (χ4v) is 2.26. The van der Waals surface area contributed by atoms with Gasteiger partial charge in [-0.2, -0.15) is 0 Å². The normalized spacial score (nSPS) is 16.1. The number of fused-ring (bicyclic) bond motifs is 1. The average molecular weight is 391 g/mol. The number of aromatic nitrogens is 2. The molecule has 0 radical (unpaired) electrons. The number of nitrogens with one attached hydrogen (secondary N) is 2. The van der Waals surface area contributed by atoms with Gasteiger partial charge in [-0.3, -0.25) is 4.99 Å². The Kier molecular flexibility index (Phi) is 7.32. The van der Waals surface area contributed by atoms with E-state index in [4.69, 9.17) is 0 Å². The van der Waals surface area contributed by atoms with E-state index in [2.05, 4.69) is 45.2 Å². The summed E-state index contributed by atoms with van der Waals surface area (Å²) >= 11 is 0. The van der Waals surface area contributed by atoms with Crippen LogP contribution in [0.25, 0.3) is 0 Å². The second-order valence-electron chi connectivity index (χ2n) is 5.18. The van der Waals surface area contributed by atoms with E-state index in [1.54, 1.807) is 7.05 Å². The molecule has 0 saturated carbocycles. The zero-order valence-corrected chi connectivity index (χ0v) is 15.0. The standard InChI is InChI=1S/C14H25N5.HI/c1-4-11(2)17-14(15-3)16-9-12-10-19-8-6-5-7-13(19)18-12;/h10-11H,4-9H2,1-3H3,(H2,15,16,17);1H. The van der Waals surface area contributed by atoms with Crippen LogP contribution in [0.2, 0.25) is 0 Å². The lowest BCUT2D eigenvalue weighted by Crippen LogP contribution is -2.41. The minimum atomic E-state index is 0. The van der Waals surface area contributed by atoms with E-state index in [0.29, 0.717) is 6.04 Å². The van der Waals surface area contributed by atoms with Crippen molar-refractivity contribution in [3.05, 3.63) is 17.7 Å². The van der Waals surface area contributed by atoms with E-state index < -0.39 is 0 Å². The van der Waals surface area contributed by atoms with Gasteiger partial charge in [0.1, 0.15) is 5.82 Å². The molecule has 1 aromatic rings. The summed E-state index contributed by atoms with van der Waals surface area (Å²) in [5.41, 5.74) is 1.10. The highest BCUT2D eigenvalue weighted by Gasteiger charge is 2.12. The van der Waals surface area contributed by atoms with Crippen LogP contribution in [0.5, 0.6) is 0 Å². The quantitative estimate of drug-likeness (QED) is 0.471. The summed E-state index contributed by atoms with van der Waals surface area (Å²) in [7, 11) is 1.80. The predicted molar refractivity (Wildman–Crippen MR) is 93.7 cm³/mol. The number of aliphatic imine (C=N–C) groups is 1. The van der Waals surface area contributed by atoms with Gasteiger partial charge in [-0.05, 0) is 26.2 Å². The third-order valence-electron chi connectivity index (χ3n) is 3.61. The predicted octanol–water partition coefficient (Wildman–Crippen LogP) is 2.30. The van der Waals surface area contributed by atoms with Gasteiger partial charge in [0.05, 0.1) is 12.2 Å². The zero-order valence-electron chi connectivity index (χ0n) is 12.6. The first-order chi connectivity index (χ1) is 9.22. The highest BCUT2D eigenvalue weighted by atomic mass is 127. The van der Waals surface area contributed by atoms with Crippen molar-refractivity contribution in [3.63, 3.8) is 0 Å². The Balaban J connectivity index is 0.00000200. The van der Waals surface area contributed by atoms with Gasteiger partial charge >= 0.3 is 0 Å². The summed E-state index contributed by atoms with van der Waals surface area (Å²) in [6, 6.07) is 0.432. The number of hydrogen-bond donors (Lipinski definition) is 2. The zero-order chi connectivity index (χ0) is 13.7. The van der Waals surface area contributed by atoms with Gasteiger partial charge in [-0.15, -0.1) is 24.0 Å². The Bertz CT molecular complexity index is 417. The second-order valence-corrected chi connectivity index (χ2v) is 5.18. The molecule has 1 aromatic heterocycles. The lowest BCUT2D eigenvalue weighted by Gasteiger charge is -2.15. The van der Waals surface area contributed by atoms with Crippen LogP contribution < -0.4 is 10.6 Å². The van der Waals surface area contributed by atoms with Crippen molar-refractivity contribution in [2.45, 2.75) is 58.7 Å². The lowest BCUT2D eigenvalue weighted by molar-refractivity contribution is 0.522. The summed E-state index contributed by atoms with van der Waals surface area (Å²) < 4.78 is 2.28. The number of nitrogens with zero attached hydrogens (tertiary/aromatic N) is 3. The topological polar surface area (TPSA) is 54.2 Å². The molecule has 1 atom stereocenters. The molecule has 0 aliphatic carbocycles. The van der Waals surface area contributed by atoms with Crippen molar-refractivity contribution in [2.24, 2.45) is 4.99 Å². The number of hydrogen-bond acceptors (Lipinski definition) is 2. The van der Waals surface area contributed by atoms with Crippen LogP contribution in [0.4, 0.5) is 0 Å². The van der Waals surface area contributed by atoms with Crippen molar-refractivity contribution in [1.82, 2.24) is 20.2 Å². The molecule has 0 amide bonds. The van der Waals surface area contributed by atoms with Crippen molar-refractivity contribution in [3.8, 4) is 0 Å². The van der Waals surface area contributed by atoms with Crippen molar-refractivity contribution >= 4 is 29.9 Å². The molecular weight excluding hydrogens is 365 g/mol. The summed E-state index contributed by atoms with van der Waals surface area (Å²) in [6.07, 6.45) is 6.89. The van der Waals surface area contributed by atoms with E-state index in [-0.39, 0.29) is 24.0 Å². The van der Waals surface area contributed by atoms with Crippen molar-refractivity contribution in [2.75, 3.05) is 7.05 Å². The van der Waals surface area contributed by atoms with Crippen LogP contribution in [-0.4, -0.2) is 28.6 Å². The van der Waals surface area contributed by atoms with Gasteiger partial charge in [0.25, 0.3) is 0 Å². The molecular formula is C14H26IN5. The monoisotopic (exact) mass is 391 g/mol. The Morgan fingerprint density at radius 1 is 1.50 bits per heavy atom. The molecule has 114 valence electrons. The molecule has 0 bridgehead atoms. The van der Waals surface area contributed by atoms with E-state index in [1.807, 2.05) is 0 Å². The third-order valence-corrected chi connectivity index (χ3v) is 3.61. The van der Waals surface area contributed by atoms with E-state index in [9.17, 15) is 0 Å². The van der Waals surface area contributed by atoms with Gasteiger partial charge in [0, 0.05) is 32.3 Å². The molecule has 2 rings (SSSR count). The van der Waals surface area contributed by atoms with E-state index in [0.717, 1.165) is 37.6 Å². The molecule has 0 spiro atoms. The van der Waals surface area contributed by atoms with Crippen LogP contribution in [0.15, 0.2) is 11.2 Å². The molecule has 2 N–H and O–H groups in total. The number of halogens is 1. The molecule has 1 unspecified atom stereocenters. The maximum Gasteiger partial charge on any atom is 0.191 e. The van der Waals surface area contributed by atoms with E-state index in [1.165, 1.54) is 18.7 Å². The minimum absolute atomic E-state index is 0. The van der Waals surface area contributed by atoms with Gasteiger partial charge < -0.3 is 15.2 Å². The van der Waals surface area contributed by atoms with Crippen LogP contribution in [0, 0.1) is 0 Å². The summed E-state index contributed by atoms with van der Waals surface area (Å²) in [5, 5.41) is 6.68. The molecule has 0 saturated heterocycles. The highest BCUT2D eigenvalue weighted by Crippen LogP contribution is 2.14. The van der Waals surface area contributed by atoms with Crippen LogP contribution in [-0.2, 0) is 19.5 Å². The number of guanidine groups is 1. The first kappa shape index (κ1) is 17.3. The SMILES string of the molecule is CCC(C)NC(=NC)NCc1cn2c(n1)CCCC2.I. The minimum Gasteiger partial charge on any atom is -0.354 e. The number of imidazole rings is 1. The average Bonchev–Trinajstić information content (AvgIpc) is 2.85. The summed E-state index contributed by atoms with van der Waals surface area (Å²) in [4.78, 5) is 8.91. The molecule has 1 aliphatic rings. The van der Waals surface area contributed by atoms with Crippen molar-refractivity contribution < 1.29 is 0 Å². The first-order valence-corrected chi connectivity index (χ1v) is 7.25. The van der Waals surface area contributed by atoms with Gasteiger partial charge in [0.2, 0.25) is 0 Å². The summed E-state index contributed by atoms with van der Waals surface area (Å²) in [5.74, 6) is 2.08. The smallest absolute Gasteiger partial charge is 0.191 e. The molecule has 0 fully saturated rings. The van der Waals surface area contributed by atoms with Crippen LogP contribution >= 0.6 is 24.0 Å². The fraction of sp³-hybridized carbons (Fsp3) is 0.714. The van der Waals surface area contributed by atoms with Crippen LogP contribution in [0.3, 0.4) is 0 Å². The summed E-state index contributed by atoms with van der Waals surface area (Å²) in [6.45, 7) is 6.16. The Hall–Kier alpha value is -0.790. The maximum atomic E-state index is 4.67. The maximum absolute atomic E-state index is 4.67. The first-order valence-electron chi connectivity index (χ1n) is 7.25. The largest absolute Gasteiger partial charge is 0.354 e. The van der Waals surface area contributed by atoms with Gasteiger partial charge in [0.15, 0.2) is 5.96 Å². The second kappa shape index (κ2) is 8.49. The van der Waals surface area contributed by atoms with Crippen molar-refractivity contribution in [1.29, 1.82) is 0 Å². The van der Waals surface area contributed by atoms with Gasteiger partial charge in [-0.1, -0.05) is 6.92 Å². The Morgan fingerprint density at radius 3 is 2.95 bits per heavy atom. The Morgan fingerprint density at radius 2 is 2.30 bits per heavy atom. The number of aryl methyl sites for hydroxylation is 2. The molecule has 6 heteroatoms. The molecule has 5 nitrogen and oxygen atoms in total. The van der Waals surface area contributed by atoms with Gasteiger partial charge in [-0.25, -0.2) is 4.98 Å². The van der Waals surface area contributed by atoms with E-state index >= 15 is 0 Å². The third kappa shape index (κ3) is 4.64. The lowest BCUT2D eigenvalue weighted by atomic mass is 10.2. The number of rotatable bonds is 4. The molecule has 2 heterocycles. The highest BCUT2D eigenvalue weighted by molar-refractivity contribution is 14.0.